The largest absolute Gasteiger partial charge is 0.440 e. The molecule has 1 aromatic heterocycles. The Kier molecular flexibility index (Phi) is 3.74. The Morgan fingerprint density at radius 2 is 1.83 bits per heavy atom. The highest BCUT2D eigenvalue weighted by atomic mass is 16.3. The molecule has 6 rings (SSSR count). The number of oxazole rings is 1. The van der Waals surface area contributed by atoms with Crippen molar-refractivity contribution in [3.05, 3.63) is 41.8 Å². The van der Waals surface area contributed by atoms with Gasteiger partial charge in [0.1, 0.15) is 11.3 Å². The number of Topliss-reactive ketones (excluding diaryl/α,β-unsaturated/α-hetero) is 1. The van der Waals surface area contributed by atoms with Crippen molar-refractivity contribution < 1.29 is 9.21 Å². The van der Waals surface area contributed by atoms with Crippen LogP contribution in [0.1, 0.15) is 77.0 Å². The molecule has 0 aliphatic heterocycles. The molecule has 3 nitrogen and oxygen atoms in total. The average molecular weight is 390 g/mol. The molecule has 3 fully saturated rings. The summed E-state index contributed by atoms with van der Waals surface area (Å²) >= 11 is 0. The Labute approximate surface area is 173 Å². The molecule has 0 spiro atoms. The van der Waals surface area contributed by atoms with E-state index in [2.05, 4.69) is 19.9 Å². The summed E-state index contributed by atoms with van der Waals surface area (Å²) < 4.78 is 6.13. The molecular formula is C26H31NO2. The summed E-state index contributed by atoms with van der Waals surface area (Å²) in [5.74, 6) is 3.93. The first-order valence-electron chi connectivity index (χ1n) is 11.6. The van der Waals surface area contributed by atoms with Crippen LogP contribution in [0, 0.1) is 28.6 Å². The second kappa shape index (κ2) is 6.06. The van der Waals surface area contributed by atoms with E-state index in [4.69, 9.17) is 9.40 Å². The Morgan fingerprint density at radius 1 is 1.03 bits per heavy atom. The molecule has 3 saturated carbocycles. The highest BCUT2D eigenvalue weighted by Crippen LogP contribution is 2.64. The van der Waals surface area contributed by atoms with Gasteiger partial charge in [0.2, 0.25) is 0 Å². The minimum Gasteiger partial charge on any atom is -0.440 e. The summed E-state index contributed by atoms with van der Waals surface area (Å²) in [6, 6.07) is 8.11. The van der Waals surface area contributed by atoms with Gasteiger partial charge in [-0.15, -0.1) is 0 Å². The van der Waals surface area contributed by atoms with Gasteiger partial charge in [0, 0.05) is 17.8 Å². The predicted octanol–water partition coefficient (Wildman–Crippen LogP) is 6.44. The lowest BCUT2D eigenvalue weighted by Gasteiger charge is -2.56. The number of hydrogen-bond donors (Lipinski definition) is 0. The number of aromatic nitrogens is 1. The van der Waals surface area contributed by atoms with Crippen LogP contribution in [0.4, 0.5) is 0 Å². The van der Waals surface area contributed by atoms with E-state index >= 15 is 0 Å². The second-order valence-electron chi connectivity index (χ2n) is 10.6. The number of hydrogen-bond acceptors (Lipinski definition) is 3. The van der Waals surface area contributed by atoms with Crippen LogP contribution in [0.3, 0.4) is 0 Å². The van der Waals surface area contributed by atoms with Crippen LogP contribution in [0.2, 0.25) is 0 Å². The molecular weight excluding hydrogens is 358 g/mol. The van der Waals surface area contributed by atoms with Gasteiger partial charge in [0.15, 0.2) is 11.5 Å². The van der Waals surface area contributed by atoms with E-state index < -0.39 is 0 Å². The smallest absolute Gasteiger partial charge is 0.198 e. The van der Waals surface area contributed by atoms with Crippen LogP contribution in [-0.4, -0.2) is 10.8 Å². The molecule has 4 aliphatic carbocycles. The predicted molar refractivity (Wildman–Crippen MR) is 113 cm³/mol. The monoisotopic (exact) mass is 389 g/mol. The number of fused-ring (bicyclic) bond motifs is 6. The summed E-state index contributed by atoms with van der Waals surface area (Å²) in [7, 11) is 0. The Morgan fingerprint density at radius 3 is 2.69 bits per heavy atom. The Hall–Kier alpha value is -1.90. The van der Waals surface area contributed by atoms with Crippen molar-refractivity contribution in [3.63, 3.8) is 0 Å². The van der Waals surface area contributed by atoms with Crippen LogP contribution >= 0.6 is 0 Å². The molecule has 6 atom stereocenters. The summed E-state index contributed by atoms with van der Waals surface area (Å²) in [6.07, 6.45) is 11.5. The number of nitrogens with zero attached hydrogens (tertiary/aromatic N) is 1. The minimum atomic E-state index is -0.0295. The van der Waals surface area contributed by atoms with E-state index in [0.29, 0.717) is 29.0 Å². The SMILES string of the molecule is C[C@]12CCC(c3nc4ccccc4o3)CC1=CC[C@@H]1[C@@H]2CC[C@]2(C)C(=O)CC[C@@H]12. The summed E-state index contributed by atoms with van der Waals surface area (Å²) in [5, 5.41) is 0. The first-order valence-corrected chi connectivity index (χ1v) is 11.6. The van der Waals surface area contributed by atoms with Gasteiger partial charge in [0.25, 0.3) is 0 Å². The molecule has 1 aromatic carbocycles. The van der Waals surface area contributed by atoms with Crippen LogP contribution in [0.5, 0.6) is 0 Å². The lowest BCUT2D eigenvalue weighted by Crippen LogP contribution is -2.50. The molecule has 29 heavy (non-hydrogen) atoms. The van der Waals surface area contributed by atoms with Gasteiger partial charge < -0.3 is 4.42 Å². The fourth-order valence-corrected chi connectivity index (χ4v) is 7.71. The topological polar surface area (TPSA) is 43.1 Å². The zero-order valence-corrected chi connectivity index (χ0v) is 17.6. The van der Waals surface area contributed by atoms with Gasteiger partial charge in [-0.25, -0.2) is 4.98 Å². The standard InChI is InChI=1S/C26H31NO2/c1-25-13-11-16(24-27-21-5-3-4-6-22(21)29-24)15-17(25)7-8-18-19-9-10-23(28)26(19,2)14-12-20(18)25/h3-7,16,18-20H,8-15H2,1-2H3/t16?,18-,19-,20-,25-,26-/m0/s1. The fourth-order valence-electron chi connectivity index (χ4n) is 7.71. The van der Waals surface area contributed by atoms with Crippen molar-refractivity contribution in [1.29, 1.82) is 0 Å². The summed E-state index contributed by atoms with van der Waals surface area (Å²) in [5.41, 5.74) is 3.80. The van der Waals surface area contributed by atoms with E-state index in [1.807, 2.05) is 24.3 Å². The summed E-state index contributed by atoms with van der Waals surface area (Å²) in [4.78, 5) is 17.4. The van der Waals surface area contributed by atoms with Crippen LogP contribution in [-0.2, 0) is 4.79 Å². The van der Waals surface area contributed by atoms with E-state index in [0.717, 1.165) is 55.0 Å². The maximum absolute atomic E-state index is 12.6. The van der Waals surface area contributed by atoms with E-state index in [1.165, 1.54) is 19.3 Å². The Bertz CT molecular complexity index is 986. The maximum Gasteiger partial charge on any atom is 0.198 e. The molecule has 2 aromatic rings. The number of para-hydroxylation sites is 2. The average Bonchev–Trinajstić information content (AvgIpc) is 3.28. The first kappa shape index (κ1) is 17.9. The molecule has 4 aliphatic rings. The third-order valence-electron chi connectivity index (χ3n) is 9.47. The molecule has 1 unspecified atom stereocenters. The van der Waals surface area contributed by atoms with Gasteiger partial charge in [-0.2, -0.15) is 0 Å². The third-order valence-corrected chi connectivity index (χ3v) is 9.47. The molecule has 3 heteroatoms. The zero-order chi connectivity index (χ0) is 19.8. The first-order chi connectivity index (χ1) is 14.0. The molecule has 0 bridgehead atoms. The lowest BCUT2D eigenvalue weighted by atomic mass is 9.47. The van der Waals surface area contributed by atoms with E-state index in [-0.39, 0.29) is 5.41 Å². The van der Waals surface area contributed by atoms with Crippen LogP contribution in [0.25, 0.3) is 11.1 Å². The van der Waals surface area contributed by atoms with E-state index in [9.17, 15) is 4.79 Å². The van der Waals surface area contributed by atoms with E-state index in [1.54, 1.807) is 5.57 Å². The van der Waals surface area contributed by atoms with Crippen LogP contribution < -0.4 is 0 Å². The normalized spacial score (nSPS) is 41.6. The van der Waals surface area contributed by atoms with Crippen molar-refractivity contribution >= 4 is 16.9 Å². The van der Waals surface area contributed by atoms with Crippen molar-refractivity contribution in [3.8, 4) is 0 Å². The summed E-state index contributed by atoms with van der Waals surface area (Å²) in [6.45, 7) is 4.80. The Balaban J connectivity index is 1.30. The van der Waals surface area contributed by atoms with Gasteiger partial charge in [-0.1, -0.05) is 37.6 Å². The minimum absolute atomic E-state index is 0.0295. The maximum atomic E-state index is 12.6. The number of allylic oxidation sites excluding steroid dienone is 2. The number of ketones is 1. The molecule has 0 radical (unpaired) electrons. The van der Waals surface area contributed by atoms with Crippen molar-refractivity contribution in [2.75, 3.05) is 0 Å². The number of benzene rings is 1. The van der Waals surface area contributed by atoms with Crippen molar-refractivity contribution in [1.82, 2.24) is 4.98 Å². The van der Waals surface area contributed by atoms with Gasteiger partial charge in [-0.3, -0.25) is 4.79 Å². The quantitative estimate of drug-likeness (QED) is 0.527. The van der Waals surface area contributed by atoms with Gasteiger partial charge >= 0.3 is 0 Å². The number of carbonyl (C=O) groups excluding carboxylic acids is 1. The lowest BCUT2D eigenvalue weighted by molar-refractivity contribution is -0.131. The second-order valence-corrected chi connectivity index (χ2v) is 10.6. The van der Waals surface area contributed by atoms with Crippen molar-refractivity contribution in [2.24, 2.45) is 28.6 Å². The third kappa shape index (κ3) is 2.42. The highest BCUT2D eigenvalue weighted by Gasteiger charge is 2.58. The highest BCUT2D eigenvalue weighted by molar-refractivity contribution is 5.87. The van der Waals surface area contributed by atoms with Crippen LogP contribution in [0.15, 0.2) is 40.3 Å². The molecule has 0 saturated heterocycles. The molecule has 152 valence electrons. The molecule has 1 heterocycles. The number of rotatable bonds is 1. The van der Waals surface area contributed by atoms with Gasteiger partial charge in [-0.05, 0) is 80.2 Å². The fraction of sp³-hybridized carbons (Fsp3) is 0.615. The molecule has 0 amide bonds. The number of carbonyl (C=O) groups is 1. The van der Waals surface area contributed by atoms with Crippen molar-refractivity contribution in [2.45, 2.75) is 71.1 Å². The van der Waals surface area contributed by atoms with Gasteiger partial charge in [0.05, 0.1) is 0 Å². The zero-order valence-electron chi connectivity index (χ0n) is 17.6. The molecule has 0 N–H and O–H groups in total.